The second-order valence-corrected chi connectivity index (χ2v) is 9.00. The third-order valence-electron chi connectivity index (χ3n) is 6.63. The molecule has 5 rings (SSSR count). The summed E-state index contributed by atoms with van der Waals surface area (Å²) in [6.07, 6.45) is 1.29. The van der Waals surface area contributed by atoms with E-state index in [1.54, 1.807) is 43.3 Å². The minimum atomic E-state index is -3.11. The summed E-state index contributed by atoms with van der Waals surface area (Å²) in [6.45, 7) is 0.708. The molecule has 0 aliphatic carbocycles. The van der Waals surface area contributed by atoms with Crippen molar-refractivity contribution in [3.63, 3.8) is 0 Å². The van der Waals surface area contributed by atoms with Gasteiger partial charge in [0.2, 0.25) is 5.91 Å². The molecule has 1 fully saturated rings. The van der Waals surface area contributed by atoms with Gasteiger partial charge >= 0.3 is 6.61 Å². The molecule has 1 amide bonds. The van der Waals surface area contributed by atoms with Gasteiger partial charge in [-0.2, -0.15) is 8.78 Å². The van der Waals surface area contributed by atoms with Crippen LogP contribution in [0, 0.1) is 5.82 Å². The SMILES string of the molecule is CC(C(=O)Nc1cc(-n2cnc3cc(-c4ccccc4F)ccc3c2=O)ccc1OC(F)F)N1CCOCC1. The number of ether oxygens (including phenoxy) is 2. The Balaban J connectivity index is 1.48. The van der Waals surface area contributed by atoms with E-state index in [1.165, 1.54) is 35.2 Å². The summed E-state index contributed by atoms with van der Waals surface area (Å²) in [5.41, 5.74) is 1.15. The summed E-state index contributed by atoms with van der Waals surface area (Å²) in [4.78, 5) is 32.6. The molecule has 1 aromatic heterocycles. The molecule has 11 heteroatoms. The van der Waals surface area contributed by atoms with Crippen molar-refractivity contribution < 1.29 is 27.4 Å². The zero-order valence-electron chi connectivity index (χ0n) is 20.9. The Morgan fingerprint density at radius 3 is 2.59 bits per heavy atom. The Hall–Kier alpha value is -4.22. The molecule has 0 bridgehead atoms. The number of aromatic nitrogens is 2. The molecule has 1 aliphatic heterocycles. The number of rotatable bonds is 7. The smallest absolute Gasteiger partial charge is 0.387 e. The predicted octanol–water partition coefficient (Wildman–Crippen LogP) is 4.45. The van der Waals surface area contributed by atoms with Gasteiger partial charge in [-0.1, -0.05) is 24.3 Å². The Bertz CT molecular complexity index is 1570. The number of fused-ring (bicyclic) bond motifs is 1. The average Bonchev–Trinajstić information content (AvgIpc) is 2.94. The largest absolute Gasteiger partial charge is 0.433 e. The third kappa shape index (κ3) is 5.64. The maximum absolute atomic E-state index is 14.3. The normalized spacial score (nSPS) is 14.9. The molecule has 3 aromatic carbocycles. The molecule has 0 saturated carbocycles. The van der Waals surface area contributed by atoms with Gasteiger partial charge in [0, 0.05) is 18.7 Å². The molecule has 202 valence electrons. The van der Waals surface area contributed by atoms with E-state index in [4.69, 9.17) is 4.74 Å². The van der Waals surface area contributed by atoms with E-state index >= 15 is 0 Å². The number of halogens is 3. The molecule has 1 N–H and O–H groups in total. The molecule has 0 radical (unpaired) electrons. The zero-order valence-corrected chi connectivity index (χ0v) is 20.9. The van der Waals surface area contributed by atoms with Gasteiger partial charge in [0.1, 0.15) is 17.9 Å². The van der Waals surface area contributed by atoms with Crippen LogP contribution in [0.2, 0.25) is 0 Å². The highest BCUT2D eigenvalue weighted by atomic mass is 19.3. The van der Waals surface area contributed by atoms with Gasteiger partial charge in [-0.15, -0.1) is 0 Å². The topological polar surface area (TPSA) is 85.7 Å². The first-order chi connectivity index (χ1) is 18.8. The highest BCUT2D eigenvalue weighted by molar-refractivity contribution is 5.96. The van der Waals surface area contributed by atoms with Crippen LogP contribution in [0.15, 0.2) is 71.8 Å². The van der Waals surface area contributed by atoms with E-state index in [9.17, 15) is 22.8 Å². The van der Waals surface area contributed by atoms with Crippen molar-refractivity contribution in [2.45, 2.75) is 19.6 Å². The van der Waals surface area contributed by atoms with Gasteiger partial charge in [-0.25, -0.2) is 9.37 Å². The molecule has 1 unspecified atom stereocenters. The number of alkyl halides is 2. The summed E-state index contributed by atoms with van der Waals surface area (Å²) < 4.78 is 51.6. The lowest BCUT2D eigenvalue weighted by Gasteiger charge is -2.31. The van der Waals surface area contributed by atoms with Gasteiger partial charge in [0.05, 0.1) is 41.5 Å². The van der Waals surface area contributed by atoms with Crippen molar-refractivity contribution in [3.8, 4) is 22.6 Å². The van der Waals surface area contributed by atoms with Gasteiger partial charge in [-0.3, -0.25) is 19.1 Å². The van der Waals surface area contributed by atoms with Crippen molar-refractivity contribution in [1.82, 2.24) is 14.5 Å². The first kappa shape index (κ1) is 26.4. The number of carbonyl (C=O) groups excluding carboxylic acids is 1. The molecule has 0 spiro atoms. The lowest BCUT2D eigenvalue weighted by molar-refractivity contribution is -0.122. The van der Waals surface area contributed by atoms with Crippen LogP contribution in [0.25, 0.3) is 27.7 Å². The summed E-state index contributed by atoms with van der Waals surface area (Å²) in [5.74, 6) is -1.06. The van der Waals surface area contributed by atoms with Gasteiger partial charge in [-0.05, 0) is 48.9 Å². The van der Waals surface area contributed by atoms with E-state index in [0.29, 0.717) is 42.9 Å². The fourth-order valence-electron chi connectivity index (χ4n) is 4.50. The van der Waals surface area contributed by atoms with Gasteiger partial charge in [0.25, 0.3) is 5.56 Å². The van der Waals surface area contributed by atoms with Gasteiger partial charge in [0.15, 0.2) is 0 Å². The van der Waals surface area contributed by atoms with Crippen LogP contribution >= 0.6 is 0 Å². The van der Waals surface area contributed by atoms with E-state index < -0.39 is 29.9 Å². The number of morpholine rings is 1. The molecule has 1 saturated heterocycles. The van der Waals surface area contributed by atoms with Crippen LogP contribution in [-0.4, -0.2) is 59.3 Å². The summed E-state index contributed by atoms with van der Waals surface area (Å²) in [6, 6.07) is 14.6. The minimum Gasteiger partial charge on any atom is -0.433 e. The number of hydrogen-bond donors (Lipinski definition) is 1. The number of hydrogen-bond acceptors (Lipinski definition) is 6. The summed E-state index contributed by atoms with van der Waals surface area (Å²) >= 11 is 0. The van der Waals surface area contributed by atoms with E-state index in [1.807, 2.05) is 4.90 Å². The van der Waals surface area contributed by atoms with E-state index in [2.05, 4.69) is 15.0 Å². The Labute approximate surface area is 221 Å². The number of nitrogens with one attached hydrogen (secondary N) is 1. The molecule has 39 heavy (non-hydrogen) atoms. The van der Waals surface area contributed by atoms with Crippen LogP contribution < -0.4 is 15.6 Å². The molecule has 8 nitrogen and oxygen atoms in total. The number of nitrogens with zero attached hydrogens (tertiary/aromatic N) is 3. The summed E-state index contributed by atoms with van der Waals surface area (Å²) in [5, 5.41) is 2.93. The number of benzene rings is 3. The lowest BCUT2D eigenvalue weighted by Crippen LogP contribution is -2.47. The Morgan fingerprint density at radius 2 is 1.85 bits per heavy atom. The minimum absolute atomic E-state index is 0.0141. The quantitative estimate of drug-likeness (QED) is 0.374. The van der Waals surface area contributed by atoms with Crippen molar-refractivity contribution in [3.05, 3.63) is 83.2 Å². The van der Waals surface area contributed by atoms with Crippen molar-refractivity contribution in [2.75, 3.05) is 31.6 Å². The van der Waals surface area contributed by atoms with Crippen molar-refractivity contribution >= 4 is 22.5 Å². The van der Waals surface area contributed by atoms with Crippen LogP contribution in [0.4, 0.5) is 18.9 Å². The predicted molar refractivity (Wildman–Crippen MR) is 140 cm³/mol. The van der Waals surface area contributed by atoms with Crippen molar-refractivity contribution in [2.24, 2.45) is 0 Å². The maximum atomic E-state index is 14.3. The Morgan fingerprint density at radius 1 is 1.08 bits per heavy atom. The fraction of sp³-hybridized carbons (Fsp3) is 0.250. The monoisotopic (exact) mass is 538 g/mol. The highest BCUT2D eigenvalue weighted by Crippen LogP contribution is 2.30. The van der Waals surface area contributed by atoms with Crippen molar-refractivity contribution in [1.29, 1.82) is 0 Å². The molecular weight excluding hydrogens is 513 g/mol. The van der Waals surface area contributed by atoms with Crippen LogP contribution in [0.3, 0.4) is 0 Å². The standard InChI is InChI=1S/C28H25F3N4O4/c1-17(34-10-12-38-13-11-34)26(36)33-24-15-19(7-9-25(24)39-28(30)31)35-16-32-23-14-18(6-8-21(23)27(35)37)20-4-2-3-5-22(20)29/h2-9,14-17,28H,10-13H2,1H3,(H,33,36). The zero-order chi connectivity index (χ0) is 27.5. The first-order valence-electron chi connectivity index (χ1n) is 12.3. The molecule has 1 aliphatic rings. The highest BCUT2D eigenvalue weighted by Gasteiger charge is 2.24. The van der Waals surface area contributed by atoms with Crippen LogP contribution in [0.1, 0.15) is 6.92 Å². The van der Waals surface area contributed by atoms with E-state index in [0.717, 1.165) is 0 Å². The molecule has 4 aromatic rings. The van der Waals surface area contributed by atoms with Crippen LogP contribution in [0.5, 0.6) is 5.75 Å². The summed E-state index contributed by atoms with van der Waals surface area (Å²) in [7, 11) is 0. The average molecular weight is 539 g/mol. The Kier molecular flexibility index (Phi) is 7.62. The molecule has 2 heterocycles. The number of carbonyl (C=O) groups is 1. The molecular formula is C28H25F3N4O4. The first-order valence-corrected chi connectivity index (χ1v) is 12.3. The maximum Gasteiger partial charge on any atom is 0.387 e. The lowest BCUT2D eigenvalue weighted by atomic mass is 10.0. The fourth-order valence-corrected chi connectivity index (χ4v) is 4.50. The second kappa shape index (κ2) is 11.3. The second-order valence-electron chi connectivity index (χ2n) is 9.00. The third-order valence-corrected chi connectivity index (χ3v) is 6.63. The van der Waals surface area contributed by atoms with Gasteiger partial charge < -0.3 is 14.8 Å². The molecule has 1 atom stereocenters. The number of anilines is 1. The number of amides is 1. The van der Waals surface area contributed by atoms with E-state index in [-0.39, 0.29) is 22.5 Å². The van der Waals surface area contributed by atoms with Crippen LogP contribution in [-0.2, 0) is 9.53 Å².